The molecule has 0 bridgehead atoms. The van der Waals surface area contributed by atoms with Crippen LogP contribution in [0.3, 0.4) is 0 Å². The van der Waals surface area contributed by atoms with Crippen LogP contribution < -0.4 is 11.3 Å². The van der Waals surface area contributed by atoms with Gasteiger partial charge in [0.1, 0.15) is 18.3 Å². The van der Waals surface area contributed by atoms with Crippen molar-refractivity contribution in [3.8, 4) is 0 Å². The van der Waals surface area contributed by atoms with E-state index in [1.54, 1.807) is 0 Å². The Kier molecular flexibility index (Phi) is 3.07. The summed E-state index contributed by atoms with van der Waals surface area (Å²) in [5.41, 5.74) is 5.23. The Hall–Kier alpha value is -2.52. The van der Waals surface area contributed by atoms with Crippen molar-refractivity contribution < 1.29 is 19.4 Å². The summed E-state index contributed by atoms with van der Waals surface area (Å²) in [6.07, 6.45) is -0.125. The van der Waals surface area contributed by atoms with Crippen molar-refractivity contribution in [2.75, 3.05) is 12.3 Å². The molecule has 1 aliphatic heterocycles. The van der Waals surface area contributed by atoms with Crippen LogP contribution in [0.25, 0.3) is 11.0 Å². The number of hydrogen-bond acceptors (Lipinski definition) is 7. The third-order valence-electron chi connectivity index (χ3n) is 3.46. The SMILES string of the molecule is Nc1nc2c(ccn2[C@@H]2O[C@H](CO)C(C=O)C2=O)c(=O)[nH]1. The second kappa shape index (κ2) is 4.79. The van der Waals surface area contributed by atoms with Gasteiger partial charge in [0.15, 0.2) is 17.7 Å². The number of H-pyrrole nitrogens is 1. The van der Waals surface area contributed by atoms with Crippen LogP contribution in [0.5, 0.6) is 0 Å². The van der Waals surface area contributed by atoms with Gasteiger partial charge in [0.2, 0.25) is 5.95 Å². The van der Waals surface area contributed by atoms with Crippen LogP contribution in [0.2, 0.25) is 0 Å². The van der Waals surface area contributed by atoms with E-state index >= 15 is 0 Å². The van der Waals surface area contributed by atoms with Crippen LogP contribution in [-0.2, 0) is 14.3 Å². The quantitative estimate of drug-likeness (QED) is 0.465. The first-order valence-corrected chi connectivity index (χ1v) is 6.18. The number of aliphatic hydroxyl groups excluding tert-OH is 1. The number of ketones is 1. The highest BCUT2D eigenvalue weighted by Crippen LogP contribution is 2.30. The zero-order chi connectivity index (χ0) is 15.1. The molecule has 1 saturated heterocycles. The molecule has 2 aromatic heterocycles. The van der Waals surface area contributed by atoms with Crippen LogP contribution in [0.4, 0.5) is 5.95 Å². The molecule has 0 radical (unpaired) electrons. The summed E-state index contributed by atoms with van der Waals surface area (Å²) in [4.78, 5) is 41.2. The number of nitrogens with two attached hydrogens (primary N) is 1. The third-order valence-corrected chi connectivity index (χ3v) is 3.46. The number of aromatic amines is 1. The second-order valence-corrected chi connectivity index (χ2v) is 4.69. The van der Waals surface area contributed by atoms with Gasteiger partial charge in [0.25, 0.3) is 5.56 Å². The lowest BCUT2D eigenvalue weighted by Gasteiger charge is -2.13. The van der Waals surface area contributed by atoms with Gasteiger partial charge in [-0.25, -0.2) is 0 Å². The van der Waals surface area contributed by atoms with E-state index in [1.807, 2.05) is 0 Å². The van der Waals surface area contributed by atoms with Crippen LogP contribution in [0.1, 0.15) is 6.23 Å². The zero-order valence-corrected chi connectivity index (χ0v) is 10.7. The molecule has 1 unspecified atom stereocenters. The zero-order valence-electron chi connectivity index (χ0n) is 10.7. The molecule has 21 heavy (non-hydrogen) atoms. The normalized spacial score (nSPS) is 25.6. The number of fused-ring (bicyclic) bond motifs is 1. The summed E-state index contributed by atoms with van der Waals surface area (Å²) < 4.78 is 6.73. The first-order chi connectivity index (χ1) is 10.1. The van der Waals surface area contributed by atoms with Gasteiger partial charge in [0.05, 0.1) is 12.0 Å². The highest BCUT2D eigenvalue weighted by atomic mass is 16.5. The van der Waals surface area contributed by atoms with Gasteiger partial charge in [-0.15, -0.1) is 0 Å². The van der Waals surface area contributed by atoms with Gasteiger partial charge in [-0.05, 0) is 6.07 Å². The Morgan fingerprint density at radius 3 is 2.90 bits per heavy atom. The van der Waals surface area contributed by atoms with E-state index in [0.717, 1.165) is 0 Å². The van der Waals surface area contributed by atoms with Gasteiger partial charge in [0, 0.05) is 6.20 Å². The van der Waals surface area contributed by atoms with E-state index in [9.17, 15) is 14.4 Å². The van der Waals surface area contributed by atoms with Crippen LogP contribution in [-0.4, -0.2) is 44.4 Å². The van der Waals surface area contributed by atoms with Crippen molar-refractivity contribution in [2.45, 2.75) is 12.3 Å². The minimum Gasteiger partial charge on any atom is -0.394 e. The minimum atomic E-state index is -1.12. The molecule has 1 aliphatic rings. The van der Waals surface area contributed by atoms with E-state index in [0.29, 0.717) is 6.29 Å². The summed E-state index contributed by atoms with van der Waals surface area (Å²) in [5.74, 6) is -1.64. The molecule has 4 N–H and O–H groups in total. The molecular formula is C12H12N4O5. The van der Waals surface area contributed by atoms with Crippen molar-refractivity contribution in [2.24, 2.45) is 5.92 Å². The number of aldehydes is 1. The number of nitrogens with one attached hydrogen (secondary N) is 1. The molecular weight excluding hydrogens is 280 g/mol. The number of carbonyl (C=O) groups is 2. The number of aliphatic hydroxyl groups is 1. The number of Topliss-reactive ketones (excluding diaryl/α,β-unsaturated/α-hetero) is 1. The van der Waals surface area contributed by atoms with E-state index in [-0.39, 0.29) is 17.0 Å². The monoisotopic (exact) mass is 292 g/mol. The summed E-state index contributed by atoms with van der Waals surface area (Å²) >= 11 is 0. The Balaban J connectivity index is 2.11. The lowest BCUT2D eigenvalue weighted by Crippen LogP contribution is -2.25. The smallest absolute Gasteiger partial charge is 0.261 e. The molecule has 3 rings (SSSR count). The highest BCUT2D eigenvalue weighted by Gasteiger charge is 2.44. The largest absolute Gasteiger partial charge is 0.394 e. The number of nitrogens with zero attached hydrogens (tertiary/aromatic N) is 2. The number of carbonyl (C=O) groups excluding carboxylic acids is 2. The topological polar surface area (TPSA) is 140 Å². The standard InChI is InChI=1S/C12H12N4O5/c13-12-14-9-5(10(20)15-12)1-2-16(9)11-8(19)6(3-17)7(4-18)21-11/h1-3,6-7,11,18H,4H2,(H3,13,14,15,20)/t6?,7-,11-/m1/s1. The number of anilines is 1. The minimum absolute atomic E-state index is 0.0939. The fourth-order valence-electron chi connectivity index (χ4n) is 2.43. The van der Waals surface area contributed by atoms with Crippen LogP contribution >= 0.6 is 0 Å². The molecule has 3 heterocycles. The van der Waals surface area contributed by atoms with Gasteiger partial charge < -0.3 is 20.4 Å². The first-order valence-electron chi connectivity index (χ1n) is 6.18. The van der Waals surface area contributed by atoms with E-state index in [4.69, 9.17) is 15.6 Å². The predicted octanol–water partition coefficient (Wildman–Crippen LogP) is -1.42. The summed E-state index contributed by atoms with van der Waals surface area (Å²) in [6.45, 7) is -0.457. The van der Waals surface area contributed by atoms with Gasteiger partial charge in [-0.1, -0.05) is 0 Å². The van der Waals surface area contributed by atoms with Gasteiger partial charge in [-0.2, -0.15) is 4.98 Å². The second-order valence-electron chi connectivity index (χ2n) is 4.69. The molecule has 1 fully saturated rings. The van der Waals surface area contributed by atoms with Crippen LogP contribution in [0, 0.1) is 5.92 Å². The predicted molar refractivity (Wildman–Crippen MR) is 70.3 cm³/mol. The fraction of sp³-hybridized carbons (Fsp3) is 0.333. The lowest BCUT2D eigenvalue weighted by molar-refractivity contribution is -0.129. The maximum Gasteiger partial charge on any atom is 0.261 e. The molecule has 2 aromatic rings. The Labute approximate surface area is 117 Å². The van der Waals surface area contributed by atoms with Crippen molar-refractivity contribution in [3.63, 3.8) is 0 Å². The molecule has 110 valence electrons. The van der Waals surface area contributed by atoms with E-state index in [1.165, 1.54) is 16.8 Å². The van der Waals surface area contributed by atoms with E-state index < -0.39 is 36.2 Å². The molecule has 0 aliphatic carbocycles. The van der Waals surface area contributed by atoms with E-state index in [2.05, 4.69) is 9.97 Å². The Morgan fingerprint density at radius 2 is 2.29 bits per heavy atom. The summed E-state index contributed by atoms with van der Waals surface area (Å²) in [5, 5.41) is 9.41. The average Bonchev–Trinajstić information content (AvgIpc) is 2.99. The summed E-state index contributed by atoms with van der Waals surface area (Å²) in [6, 6.07) is 1.47. The van der Waals surface area contributed by atoms with Crippen molar-refractivity contribution >= 4 is 29.1 Å². The molecule has 9 heteroatoms. The van der Waals surface area contributed by atoms with Crippen molar-refractivity contribution in [3.05, 3.63) is 22.6 Å². The van der Waals surface area contributed by atoms with Crippen molar-refractivity contribution in [1.82, 2.24) is 14.5 Å². The number of nitrogen functional groups attached to an aromatic ring is 1. The fourth-order valence-corrected chi connectivity index (χ4v) is 2.43. The number of ether oxygens (including phenoxy) is 1. The van der Waals surface area contributed by atoms with Crippen molar-refractivity contribution in [1.29, 1.82) is 0 Å². The number of hydrogen-bond donors (Lipinski definition) is 3. The third kappa shape index (κ3) is 1.94. The lowest BCUT2D eigenvalue weighted by atomic mass is 10.0. The molecule has 0 aromatic carbocycles. The number of rotatable bonds is 3. The Bertz CT molecular complexity index is 780. The van der Waals surface area contributed by atoms with Crippen LogP contribution in [0.15, 0.2) is 17.1 Å². The number of aromatic nitrogens is 3. The Morgan fingerprint density at radius 1 is 1.52 bits per heavy atom. The summed E-state index contributed by atoms with van der Waals surface area (Å²) in [7, 11) is 0. The molecule has 0 saturated carbocycles. The maximum atomic E-state index is 12.2. The first kappa shape index (κ1) is 13.5. The maximum absolute atomic E-state index is 12.2. The molecule has 0 amide bonds. The van der Waals surface area contributed by atoms with Gasteiger partial charge in [-0.3, -0.25) is 19.1 Å². The molecule has 3 atom stereocenters. The van der Waals surface area contributed by atoms with Gasteiger partial charge >= 0.3 is 0 Å². The highest BCUT2D eigenvalue weighted by molar-refractivity contribution is 5.98. The molecule has 9 nitrogen and oxygen atoms in total. The average molecular weight is 292 g/mol. The molecule has 0 spiro atoms.